The average Bonchev–Trinajstić information content (AvgIpc) is 3.34. The fourth-order valence-corrected chi connectivity index (χ4v) is 3.56. The molecule has 7 heteroatoms. The van der Waals surface area contributed by atoms with Gasteiger partial charge in [0.25, 0.3) is 5.91 Å². The summed E-state index contributed by atoms with van der Waals surface area (Å²) < 4.78 is 5.35. The summed E-state index contributed by atoms with van der Waals surface area (Å²) in [7, 11) is 0. The van der Waals surface area contributed by atoms with Crippen molar-refractivity contribution in [3.8, 4) is 0 Å². The molecule has 1 atom stereocenters. The van der Waals surface area contributed by atoms with E-state index in [4.69, 9.17) is 9.72 Å². The molecule has 0 spiro atoms. The fourth-order valence-electron chi connectivity index (χ4n) is 3.56. The van der Waals surface area contributed by atoms with Gasteiger partial charge >= 0.3 is 6.09 Å². The molecule has 2 fully saturated rings. The Kier molecular flexibility index (Phi) is 5.06. The molecule has 2 N–H and O–H groups in total. The molecule has 0 bridgehead atoms. The highest BCUT2D eigenvalue weighted by molar-refractivity contribution is 6.07. The number of ether oxygens (including phenoxy) is 1. The van der Waals surface area contributed by atoms with Gasteiger partial charge in [-0.3, -0.25) is 4.79 Å². The highest BCUT2D eigenvalue weighted by Gasteiger charge is 2.29. The molecule has 2 amide bonds. The van der Waals surface area contributed by atoms with Crippen LogP contribution in [0.2, 0.25) is 0 Å². The summed E-state index contributed by atoms with van der Waals surface area (Å²) >= 11 is 0. The number of pyridine rings is 1. The van der Waals surface area contributed by atoms with E-state index >= 15 is 0 Å². The highest BCUT2D eigenvalue weighted by Crippen LogP contribution is 2.27. The number of fused-ring (bicyclic) bond motifs is 1. The number of hydrogen-bond acceptors (Lipinski definition) is 5. The van der Waals surface area contributed by atoms with E-state index < -0.39 is 11.7 Å². The van der Waals surface area contributed by atoms with E-state index in [2.05, 4.69) is 15.5 Å². The number of carbonyl (C=O) groups excluding carboxylic acids is 2. The Morgan fingerprint density at radius 3 is 2.59 bits per heavy atom. The molecule has 0 unspecified atom stereocenters. The van der Waals surface area contributed by atoms with Gasteiger partial charge in [-0.15, -0.1) is 0 Å². The first kappa shape index (κ1) is 19.5. The molecule has 1 aromatic heterocycles. The summed E-state index contributed by atoms with van der Waals surface area (Å²) in [6.45, 7) is 6.94. The number of alkyl carbamates (subject to hydrolysis) is 1. The number of amides is 2. The molecule has 1 saturated carbocycles. The number of benzene rings is 1. The van der Waals surface area contributed by atoms with E-state index in [0.717, 1.165) is 42.5 Å². The number of carbonyl (C=O) groups is 2. The maximum atomic E-state index is 12.8. The van der Waals surface area contributed by atoms with E-state index in [1.807, 2.05) is 51.1 Å². The Morgan fingerprint density at radius 1 is 1.10 bits per heavy atom. The molecular weight excluding hydrogens is 368 g/mol. The fraction of sp³-hybridized carbons (Fsp3) is 0.500. The summed E-state index contributed by atoms with van der Waals surface area (Å²) in [5.74, 6) is 0.716. The van der Waals surface area contributed by atoms with Crippen LogP contribution in [0.15, 0.2) is 30.3 Å². The molecule has 154 valence electrons. The van der Waals surface area contributed by atoms with Crippen molar-refractivity contribution in [3.05, 3.63) is 35.9 Å². The third-order valence-corrected chi connectivity index (χ3v) is 5.09. The maximum absolute atomic E-state index is 12.8. The van der Waals surface area contributed by atoms with Gasteiger partial charge in [0.1, 0.15) is 11.4 Å². The van der Waals surface area contributed by atoms with Gasteiger partial charge in [0.05, 0.1) is 17.1 Å². The lowest BCUT2D eigenvalue weighted by Gasteiger charge is -2.22. The Bertz CT molecular complexity index is 933. The van der Waals surface area contributed by atoms with Gasteiger partial charge in [-0.2, -0.15) is 0 Å². The molecular formula is C22H28N4O3. The molecule has 1 aliphatic carbocycles. The zero-order valence-electron chi connectivity index (χ0n) is 17.2. The lowest BCUT2D eigenvalue weighted by molar-refractivity contribution is 0.0509. The molecule has 2 heterocycles. The van der Waals surface area contributed by atoms with Crippen molar-refractivity contribution in [1.29, 1.82) is 0 Å². The van der Waals surface area contributed by atoms with Crippen LogP contribution in [0.3, 0.4) is 0 Å². The van der Waals surface area contributed by atoms with E-state index in [1.54, 1.807) is 0 Å². The molecule has 29 heavy (non-hydrogen) atoms. The number of hydrogen-bond donors (Lipinski definition) is 2. The van der Waals surface area contributed by atoms with Gasteiger partial charge in [0.2, 0.25) is 0 Å². The van der Waals surface area contributed by atoms with Crippen LogP contribution in [0.4, 0.5) is 10.6 Å². The monoisotopic (exact) mass is 396 g/mol. The van der Waals surface area contributed by atoms with Crippen LogP contribution in [-0.2, 0) is 4.74 Å². The van der Waals surface area contributed by atoms with Crippen molar-refractivity contribution in [2.45, 2.75) is 57.7 Å². The second kappa shape index (κ2) is 7.54. The second-order valence-corrected chi connectivity index (χ2v) is 8.87. The SMILES string of the molecule is CC(C)(C)OC(=O)N[C@H]1CCN(c2cc(C(=O)NC3CC3)c3ccccc3n2)C1. The van der Waals surface area contributed by atoms with Crippen LogP contribution in [0.5, 0.6) is 0 Å². The number of aromatic nitrogens is 1. The lowest BCUT2D eigenvalue weighted by atomic mass is 10.1. The Morgan fingerprint density at radius 2 is 1.86 bits per heavy atom. The smallest absolute Gasteiger partial charge is 0.407 e. The summed E-state index contributed by atoms with van der Waals surface area (Å²) in [5, 5.41) is 6.87. The van der Waals surface area contributed by atoms with Crippen molar-refractivity contribution < 1.29 is 14.3 Å². The first-order valence-electron chi connectivity index (χ1n) is 10.2. The molecule has 4 rings (SSSR count). The van der Waals surface area contributed by atoms with Gasteiger partial charge in [-0.25, -0.2) is 9.78 Å². The normalized spacial score (nSPS) is 19.3. The minimum absolute atomic E-state index is 0.0122. The van der Waals surface area contributed by atoms with Crippen molar-refractivity contribution in [2.24, 2.45) is 0 Å². The van der Waals surface area contributed by atoms with Crippen molar-refractivity contribution >= 4 is 28.7 Å². The van der Waals surface area contributed by atoms with Crippen LogP contribution < -0.4 is 15.5 Å². The molecule has 1 saturated heterocycles. The number of anilines is 1. The third-order valence-electron chi connectivity index (χ3n) is 5.09. The quantitative estimate of drug-likeness (QED) is 0.829. The van der Waals surface area contributed by atoms with Gasteiger partial charge in [-0.05, 0) is 52.2 Å². The summed E-state index contributed by atoms with van der Waals surface area (Å²) in [4.78, 5) is 31.7. The van der Waals surface area contributed by atoms with Crippen molar-refractivity contribution in [3.63, 3.8) is 0 Å². The van der Waals surface area contributed by atoms with Gasteiger partial charge in [0, 0.05) is 24.5 Å². The molecule has 1 aliphatic heterocycles. The number of rotatable bonds is 4. The van der Waals surface area contributed by atoms with E-state index in [-0.39, 0.29) is 11.9 Å². The molecule has 2 aromatic rings. The Labute approximate surface area is 170 Å². The van der Waals surface area contributed by atoms with Gasteiger partial charge < -0.3 is 20.3 Å². The zero-order valence-corrected chi connectivity index (χ0v) is 17.2. The molecule has 7 nitrogen and oxygen atoms in total. The lowest BCUT2D eigenvalue weighted by Crippen LogP contribution is -2.40. The van der Waals surface area contributed by atoms with Crippen LogP contribution in [0.25, 0.3) is 10.9 Å². The third kappa shape index (κ3) is 4.78. The predicted octanol–water partition coefficient (Wildman–Crippen LogP) is 3.23. The molecule has 2 aliphatic rings. The largest absolute Gasteiger partial charge is 0.444 e. The van der Waals surface area contributed by atoms with E-state index in [9.17, 15) is 9.59 Å². The predicted molar refractivity (Wildman–Crippen MR) is 112 cm³/mol. The van der Waals surface area contributed by atoms with Crippen LogP contribution in [0.1, 0.15) is 50.4 Å². The first-order valence-corrected chi connectivity index (χ1v) is 10.2. The second-order valence-electron chi connectivity index (χ2n) is 8.87. The summed E-state index contributed by atoms with van der Waals surface area (Å²) in [6, 6.07) is 9.88. The van der Waals surface area contributed by atoms with Crippen molar-refractivity contribution in [1.82, 2.24) is 15.6 Å². The standard InChI is InChI=1S/C22H28N4O3/c1-22(2,3)29-21(28)24-15-10-11-26(13-15)19-12-17(20(27)23-14-8-9-14)16-6-4-5-7-18(16)25-19/h4-7,12,14-15H,8-11,13H2,1-3H3,(H,23,27)(H,24,28)/t15-/m0/s1. The Hall–Kier alpha value is -2.83. The maximum Gasteiger partial charge on any atom is 0.407 e. The van der Waals surface area contributed by atoms with Crippen LogP contribution in [0, 0.1) is 0 Å². The molecule has 0 radical (unpaired) electrons. The van der Waals surface area contributed by atoms with Gasteiger partial charge in [-0.1, -0.05) is 18.2 Å². The van der Waals surface area contributed by atoms with E-state index in [1.165, 1.54) is 0 Å². The van der Waals surface area contributed by atoms with Crippen LogP contribution in [-0.4, -0.2) is 47.8 Å². The number of nitrogens with zero attached hydrogens (tertiary/aromatic N) is 2. The summed E-state index contributed by atoms with van der Waals surface area (Å²) in [6.07, 6.45) is 2.50. The minimum atomic E-state index is -0.522. The number of para-hydroxylation sites is 1. The summed E-state index contributed by atoms with van der Waals surface area (Å²) in [5.41, 5.74) is 0.932. The molecule has 1 aromatic carbocycles. The average molecular weight is 396 g/mol. The first-order chi connectivity index (χ1) is 13.8. The van der Waals surface area contributed by atoms with Gasteiger partial charge in [0.15, 0.2) is 0 Å². The van der Waals surface area contributed by atoms with Crippen LogP contribution >= 0.6 is 0 Å². The van der Waals surface area contributed by atoms with Crippen molar-refractivity contribution in [2.75, 3.05) is 18.0 Å². The highest BCUT2D eigenvalue weighted by atomic mass is 16.6. The Balaban J connectivity index is 1.52. The van der Waals surface area contributed by atoms with E-state index in [0.29, 0.717) is 18.2 Å². The number of nitrogens with one attached hydrogen (secondary N) is 2. The minimum Gasteiger partial charge on any atom is -0.444 e. The topological polar surface area (TPSA) is 83.6 Å². The zero-order chi connectivity index (χ0) is 20.6.